The molecule has 8 heteroatoms. The zero-order valence-electron chi connectivity index (χ0n) is 10.4. The Kier molecular flexibility index (Phi) is 5.37. The highest BCUT2D eigenvalue weighted by molar-refractivity contribution is 9.11. The summed E-state index contributed by atoms with van der Waals surface area (Å²) in [5.74, 6) is -0.209. The van der Waals surface area contributed by atoms with Crippen molar-refractivity contribution in [2.75, 3.05) is 6.54 Å². The summed E-state index contributed by atoms with van der Waals surface area (Å²) < 4.78 is 1.03. The zero-order chi connectivity index (χ0) is 14.7. The second-order valence-electron chi connectivity index (χ2n) is 3.90. The molecule has 2 aromatic rings. The van der Waals surface area contributed by atoms with E-state index >= 15 is 0 Å². The summed E-state index contributed by atoms with van der Waals surface area (Å²) in [6.45, 7) is 2.98. The Morgan fingerprint density at radius 3 is 2.75 bits per heavy atom. The van der Waals surface area contributed by atoms with E-state index in [-0.39, 0.29) is 21.8 Å². The topological polar surface area (TPSA) is 46.1 Å². The fourth-order valence-electron chi connectivity index (χ4n) is 1.63. The molecule has 0 aliphatic rings. The largest absolute Gasteiger partial charge is 0.334 e. The second kappa shape index (κ2) is 6.85. The fraction of sp³-hybridized carbons (Fsp3) is 0.250. The smallest absolute Gasteiger partial charge is 0.257 e. The number of amides is 1. The molecular formula is C12H10BrCl2N3OS. The first-order chi connectivity index (χ1) is 9.51. The highest BCUT2D eigenvalue weighted by Gasteiger charge is 2.19. The van der Waals surface area contributed by atoms with E-state index in [0.717, 1.165) is 8.66 Å². The van der Waals surface area contributed by atoms with Crippen molar-refractivity contribution in [3.8, 4) is 0 Å². The fourth-order valence-corrected chi connectivity index (χ4v) is 3.44. The lowest BCUT2D eigenvalue weighted by Crippen LogP contribution is -2.30. The van der Waals surface area contributed by atoms with E-state index in [1.54, 1.807) is 16.2 Å². The normalized spacial score (nSPS) is 10.6. The van der Waals surface area contributed by atoms with Crippen LogP contribution in [0.1, 0.15) is 22.2 Å². The highest BCUT2D eigenvalue weighted by Crippen LogP contribution is 2.24. The average molecular weight is 395 g/mol. The maximum atomic E-state index is 12.5. The SMILES string of the molecule is CCN(Cc1ccc(Br)s1)C(=O)c1cc(Cl)nnc1Cl. The summed E-state index contributed by atoms with van der Waals surface area (Å²) in [6.07, 6.45) is 0. The molecule has 0 aliphatic heterocycles. The van der Waals surface area contributed by atoms with Crippen molar-refractivity contribution in [3.05, 3.63) is 42.7 Å². The number of thiophene rings is 1. The molecule has 4 nitrogen and oxygen atoms in total. The number of rotatable bonds is 4. The third-order valence-corrected chi connectivity index (χ3v) is 4.67. The molecule has 2 heterocycles. The van der Waals surface area contributed by atoms with Gasteiger partial charge in [0.1, 0.15) is 0 Å². The zero-order valence-corrected chi connectivity index (χ0v) is 14.4. The molecule has 20 heavy (non-hydrogen) atoms. The summed E-state index contributed by atoms with van der Waals surface area (Å²) in [6, 6.07) is 5.37. The molecule has 106 valence electrons. The summed E-state index contributed by atoms with van der Waals surface area (Å²) in [4.78, 5) is 15.2. The Labute approximate surface area is 138 Å². The van der Waals surface area contributed by atoms with Crippen LogP contribution < -0.4 is 0 Å². The van der Waals surface area contributed by atoms with Gasteiger partial charge in [-0.25, -0.2) is 0 Å². The van der Waals surface area contributed by atoms with Gasteiger partial charge in [-0.3, -0.25) is 4.79 Å². The van der Waals surface area contributed by atoms with E-state index in [1.165, 1.54) is 6.07 Å². The van der Waals surface area contributed by atoms with Gasteiger partial charge in [0.05, 0.1) is 15.9 Å². The van der Waals surface area contributed by atoms with E-state index in [0.29, 0.717) is 13.1 Å². The van der Waals surface area contributed by atoms with Gasteiger partial charge in [-0.05, 0) is 41.1 Å². The minimum atomic E-state index is -0.209. The predicted molar refractivity (Wildman–Crippen MR) is 84.5 cm³/mol. The molecule has 0 fully saturated rings. The monoisotopic (exact) mass is 393 g/mol. The summed E-state index contributed by atoms with van der Waals surface area (Å²) in [5.41, 5.74) is 0.268. The van der Waals surface area contributed by atoms with Crippen LogP contribution in [0.4, 0.5) is 0 Å². The first-order valence-corrected chi connectivity index (χ1v) is 8.10. The van der Waals surface area contributed by atoms with E-state index < -0.39 is 0 Å². The average Bonchev–Trinajstić information content (AvgIpc) is 2.83. The molecular weight excluding hydrogens is 385 g/mol. The molecule has 0 atom stereocenters. The molecule has 0 radical (unpaired) electrons. The van der Waals surface area contributed by atoms with Gasteiger partial charge >= 0.3 is 0 Å². The Balaban J connectivity index is 2.22. The quantitative estimate of drug-likeness (QED) is 0.777. The lowest BCUT2D eigenvalue weighted by atomic mass is 10.2. The molecule has 0 aliphatic carbocycles. The molecule has 1 amide bonds. The highest BCUT2D eigenvalue weighted by atomic mass is 79.9. The molecule has 0 saturated heterocycles. The van der Waals surface area contributed by atoms with Gasteiger partial charge in [0.15, 0.2) is 10.3 Å². The van der Waals surface area contributed by atoms with E-state index in [1.807, 2.05) is 19.1 Å². The number of hydrogen-bond acceptors (Lipinski definition) is 4. The van der Waals surface area contributed by atoms with Crippen LogP contribution in [0.2, 0.25) is 10.3 Å². The molecule has 2 aromatic heterocycles. The van der Waals surface area contributed by atoms with Gasteiger partial charge in [-0.1, -0.05) is 23.2 Å². The molecule has 0 saturated carbocycles. The van der Waals surface area contributed by atoms with Crippen molar-refractivity contribution >= 4 is 56.4 Å². The van der Waals surface area contributed by atoms with Crippen LogP contribution in [0, 0.1) is 0 Å². The molecule has 0 bridgehead atoms. The Bertz CT molecular complexity index is 635. The van der Waals surface area contributed by atoms with Crippen LogP contribution >= 0.6 is 50.5 Å². The van der Waals surface area contributed by atoms with Crippen LogP contribution in [0.25, 0.3) is 0 Å². The summed E-state index contributed by atoms with van der Waals surface area (Å²) >= 11 is 16.7. The minimum Gasteiger partial charge on any atom is -0.334 e. The Hall–Kier alpha value is -0.690. The van der Waals surface area contributed by atoms with E-state index in [9.17, 15) is 4.79 Å². The lowest BCUT2D eigenvalue weighted by Gasteiger charge is -2.20. The predicted octanol–water partition coefficient (Wildman–Crippen LogP) is 4.27. The number of carbonyl (C=O) groups excluding carboxylic acids is 1. The van der Waals surface area contributed by atoms with Crippen LogP contribution in [-0.2, 0) is 6.54 Å². The maximum Gasteiger partial charge on any atom is 0.257 e. The number of aromatic nitrogens is 2. The number of nitrogens with zero attached hydrogens (tertiary/aromatic N) is 3. The van der Waals surface area contributed by atoms with Crippen molar-refractivity contribution in [1.29, 1.82) is 0 Å². The van der Waals surface area contributed by atoms with Crippen molar-refractivity contribution in [1.82, 2.24) is 15.1 Å². The van der Waals surface area contributed by atoms with Gasteiger partial charge in [0, 0.05) is 11.4 Å². The van der Waals surface area contributed by atoms with Crippen molar-refractivity contribution in [2.24, 2.45) is 0 Å². The van der Waals surface area contributed by atoms with Crippen LogP contribution in [0.5, 0.6) is 0 Å². The van der Waals surface area contributed by atoms with Crippen molar-refractivity contribution in [3.63, 3.8) is 0 Å². The van der Waals surface area contributed by atoms with Gasteiger partial charge in [-0.2, -0.15) is 0 Å². The van der Waals surface area contributed by atoms with Crippen molar-refractivity contribution < 1.29 is 4.79 Å². The van der Waals surface area contributed by atoms with Crippen LogP contribution in [0.15, 0.2) is 22.0 Å². The van der Waals surface area contributed by atoms with Gasteiger partial charge in [0.25, 0.3) is 5.91 Å². The molecule has 2 rings (SSSR count). The van der Waals surface area contributed by atoms with Gasteiger partial charge in [0.2, 0.25) is 0 Å². The molecule has 0 aromatic carbocycles. The Morgan fingerprint density at radius 1 is 1.40 bits per heavy atom. The molecule has 0 unspecified atom stereocenters. The first kappa shape index (κ1) is 15.7. The van der Waals surface area contributed by atoms with Crippen molar-refractivity contribution in [2.45, 2.75) is 13.5 Å². The van der Waals surface area contributed by atoms with E-state index in [2.05, 4.69) is 26.1 Å². The molecule has 0 spiro atoms. The summed E-state index contributed by atoms with van der Waals surface area (Å²) in [5, 5.41) is 7.47. The summed E-state index contributed by atoms with van der Waals surface area (Å²) in [7, 11) is 0. The van der Waals surface area contributed by atoms with Gasteiger partial charge < -0.3 is 4.90 Å². The Morgan fingerprint density at radius 2 is 2.15 bits per heavy atom. The van der Waals surface area contributed by atoms with E-state index in [4.69, 9.17) is 23.2 Å². The first-order valence-electron chi connectivity index (χ1n) is 5.73. The third kappa shape index (κ3) is 3.69. The second-order valence-corrected chi connectivity index (χ2v) is 7.19. The molecule has 0 N–H and O–H groups in total. The number of halogens is 3. The maximum absolute atomic E-state index is 12.5. The minimum absolute atomic E-state index is 0.0604. The van der Waals surface area contributed by atoms with Crippen LogP contribution in [-0.4, -0.2) is 27.5 Å². The lowest BCUT2D eigenvalue weighted by molar-refractivity contribution is 0.0753. The van der Waals surface area contributed by atoms with Crippen LogP contribution in [0.3, 0.4) is 0 Å². The number of hydrogen-bond donors (Lipinski definition) is 0. The third-order valence-electron chi connectivity index (χ3n) is 2.59. The standard InChI is InChI=1S/C12H10BrCl2N3OS/c1-2-18(6-7-3-4-9(13)20-7)12(19)8-5-10(14)16-17-11(8)15/h3-5H,2,6H2,1H3. The van der Waals surface area contributed by atoms with Gasteiger partial charge in [-0.15, -0.1) is 21.5 Å². The number of carbonyl (C=O) groups is 1.